The Kier molecular flexibility index (Phi) is 5.22. The van der Waals surface area contributed by atoms with Crippen molar-refractivity contribution in [3.05, 3.63) is 42.5 Å². The van der Waals surface area contributed by atoms with Crippen molar-refractivity contribution in [2.24, 2.45) is 5.92 Å². The van der Waals surface area contributed by atoms with Crippen LogP contribution in [0.3, 0.4) is 0 Å². The van der Waals surface area contributed by atoms with Crippen LogP contribution in [0, 0.1) is 17.2 Å². The van der Waals surface area contributed by atoms with Gasteiger partial charge in [0, 0.05) is 19.6 Å². The topological polar surface area (TPSA) is 67.0 Å². The summed E-state index contributed by atoms with van der Waals surface area (Å²) in [5.41, 5.74) is 0.593. The first-order valence-corrected chi connectivity index (χ1v) is 8.02. The second-order valence-electron chi connectivity index (χ2n) is 5.88. The number of nitrogens with zero attached hydrogens (tertiary/aromatic N) is 5. The lowest BCUT2D eigenvalue weighted by Crippen LogP contribution is -2.39. The molecule has 120 valence electrons. The maximum absolute atomic E-state index is 9.07. The number of hydrogen-bond donors (Lipinski definition) is 0. The zero-order valence-corrected chi connectivity index (χ0v) is 13.1. The van der Waals surface area contributed by atoms with Gasteiger partial charge in [0.2, 0.25) is 0 Å². The van der Waals surface area contributed by atoms with Crippen LogP contribution < -0.4 is 4.74 Å². The molecule has 1 atom stereocenters. The van der Waals surface area contributed by atoms with Gasteiger partial charge in [-0.15, -0.1) is 0 Å². The van der Waals surface area contributed by atoms with Crippen molar-refractivity contribution in [1.29, 1.82) is 5.26 Å². The van der Waals surface area contributed by atoms with Gasteiger partial charge in [-0.05, 0) is 37.4 Å². The monoisotopic (exact) mass is 311 g/mol. The number of rotatable bonds is 6. The maximum Gasteiger partial charge on any atom is 0.137 e. The lowest BCUT2D eigenvalue weighted by atomic mass is 9.98. The highest BCUT2D eigenvalue weighted by Crippen LogP contribution is 2.19. The second-order valence-corrected chi connectivity index (χ2v) is 5.88. The average molecular weight is 311 g/mol. The van der Waals surface area contributed by atoms with E-state index in [0.29, 0.717) is 23.8 Å². The SMILES string of the molecule is N#Cc1ccccc1OCCN1CCC[C@H](Cn2cncn2)C1. The van der Waals surface area contributed by atoms with Crippen LogP contribution in [0.25, 0.3) is 0 Å². The third-order valence-corrected chi connectivity index (χ3v) is 4.19. The molecule has 1 aromatic carbocycles. The molecule has 1 saturated heterocycles. The Morgan fingerprint density at radius 2 is 2.26 bits per heavy atom. The largest absolute Gasteiger partial charge is 0.491 e. The van der Waals surface area contributed by atoms with Gasteiger partial charge < -0.3 is 4.74 Å². The number of nitriles is 1. The molecule has 23 heavy (non-hydrogen) atoms. The molecule has 0 spiro atoms. The van der Waals surface area contributed by atoms with E-state index in [0.717, 1.165) is 26.2 Å². The van der Waals surface area contributed by atoms with Gasteiger partial charge in [0.1, 0.15) is 31.1 Å². The second kappa shape index (κ2) is 7.75. The van der Waals surface area contributed by atoms with Gasteiger partial charge in [-0.3, -0.25) is 9.58 Å². The van der Waals surface area contributed by atoms with E-state index in [1.165, 1.54) is 12.8 Å². The lowest BCUT2D eigenvalue weighted by Gasteiger charge is -2.32. The van der Waals surface area contributed by atoms with Crippen molar-refractivity contribution in [2.75, 3.05) is 26.2 Å². The van der Waals surface area contributed by atoms with E-state index in [9.17, 15) is 0 Å². The van der Waals surface area contributed by atoms with Crippen molar-refractivity contribution in [3.8, 4) is 11.8 Å². The Balaban J connectivity index is 1.46. The van der Waals surface area contributed by atoms with Crippen LogP contribution in [0.2, 0.25) is 0 Å². The van der Waals surface area contributed by atoms with E-state index in [1.807, 2.05) is 22.9 Å². The van der Waals surface area contributed by atoms with Crippen molar-refractivity contribution in [3.63, 3.8) is 0 Å². The summed E-state index contributed by atoms with van der Waals surface area (Å²) >= 11 is 0. The molecular formula is C17H21N5O. The molecule has 2 heterocycles. The minimum absolute atomic E-state index is 0.593. The molecule has 6 heteroatoms. The Morgan fingerprint density at radius 1 is 1.35 bits per heavy atom. The van der Waals surface area contributed by atoms with E-state index >= 15 is 0 Å². The highest BCUT2D eigenvalue weighted by atomic mass is 16.5. The Hall–Kier alpha value is -2.39. The van der Waals surface area contributed by atoms with Gasteiger partial charge in [-0.25, -0.2) is 4.98 Å². The summed E-state index contributed by atoms with van der Waals surface area (Å²) in [5, 5.41) is 13.3. The fourth-order valence-electron chi connectivity index (χ4n) is 3.06. The number of ether oxygens (including phenoxy) is 1. The standard InChI is InChI=1S/C17H21N5O/c18-10-16-5-1-2-6-17(16)23-9-8-21-7-3-4-15(11-21)12-22-14-19-13-20-22/h1-2,5-6,13-15H,3-4,7-9,11-12H2/t15-/m0/s1. The number of hydrogen-bond acceptors (Lipinski definition) is 5. The van der Waals surface area contributed by atoms with Crippen LogP contribution in [0.5, 0.6) is 5.75 Å². The summed E-state index contributed by atoms with van der Waals surface area (Å²) < 4.78 is 7.69. The molecule has 3 rings (SSSR count). The van der Waals surface area contributed by atoms with Crippen LogP contribution >= 0.6 is 0 Å². The molecule has 0 radical (unpaired) electrons. The highest BCUT2D eigenvalue weighted by Gasteiger charge is 2.20. The third kappa shape index (κ3) is 4.30. The van der Waals surface area contributed by atoms with Gasteiger partial charge in [0.05, 0.1) is 5.56 Å². The predicted molar refractivity (Wildman–Crippen MR) is 85.8 cm³/mol. The Morgan fingerprint density at radius 3 is 3.09 bits per heavy atom. The first kappa shape index (κ1) is 15.5. The van der Waals surface area contributed by atoms with E-state index in [4.69, 9.17) is 10.00 Å². The van der Waals surface area contributed by atoms with Gasteiger partial charge >= 0.3 is 0 Å². The van der Waals surface area contributed by atoms with Crippen LogP contribution in [-0.4, -0.2) is 45.9 Å². The molecule has 0 N–H and O–H groups in total. The molecule has 1 fully saturated rings. The van der Waals surface area contributed by atoms with E-state index in [1.54, 1.807) is 18.7 Å². The fraction of sp³-hybridized carbons (Fsp3) is 0.471. The molecule has 0 amide bonds. The summed E-state index contributed by atoms with van der Waals surface area (Å²) in [4.78, 5) is 6.43. The van der Waals surface area contributed by atoms with Crippen molar-refractivity contribution < 1.29 is 4.74 Å². The highest BCUT2D eigenvalue weighted by molar-refractivity contribution is 5.42. The minimum atomic E-state index is 0.593. The third-order valence-electron chi connectivity index (χ3n) is 4.19. The molecule has 0 unspecified atom stereocenters. The quantitative estimate of drug-likeness (QED) is 0.815. The summed E-state index contributed by atoms with van der Waals surface area (Å²) in [6.07, 6.45) is 5.80. The first-order valence-electron chi connectivity index (χ1n) is 8.02. The van der Waals surface area contributed by atoms with Crippen LogP contribution in [-0.2, 0) is 6.54 Å². The van der Waals surface area contributed by atoms with E-state index in [2.05, 4.69) is 21.1 Å². The summed E-state index contributed by atoms with van der Waals surface area (Å²) in [6, 6.07) is 9.54. The number of aromatic nitrogens is 3. The van der Waals surface area contributed by atoms with Crippen molar-refractivity contribution in [1.82, 2.24) is 19.7 Å². The van der Waals surface area contributed by atoms with Crippen molar-refractivity contribution in [2.45, 2.75) is 19.4 Å². The molecular weight excluding hydrogens is 290 g/mol. The Labute approximate surface area is 136 Å². The molecule has 1 aromatic heterocycles. The number of likely N-dealkylation sites (tertiary alicyclic amines) is 1. The van der Waals surface area contributed by atoms with Crippen molar-refractivity contribution >= 4 is 0 Å². The summed E-state index contributed by atoms with van der Waals surface area (Å²) in [7, 11) is 0. The zero-order chi connectivity index (χ0) is 15.9. The average Bonchev–Trinajstić information content (AvgIpc) is 3.09. The van der Waals surface area contributed by atoms with E-state index in [-0.39, 0.29) is 0 Å². The number of piperidine rings is 1. The summed E-state index contributed by atoms with van der Waals surface area (Å²) in [5.74, 6) is 1.28. The maximum atomic E-state index is 9.07. The predicted octanol–water partition coefficient (Wildman–Crippen LogP) is 1.94. The van der Waals surface area contributed by atoms with Gasteiger partial charge in [-0.1, -0.05) is 12.1 Å². The lowest BCUT2D eigenvalue weighted by molar-refractivity contribution is 0.136. The first-order chi connectivity index (χ1) is 11.3. The van der Waals surface area contributed by atoms with Crippen LogP contribution in [0.15, 0.2) is 36.9 Å². The smallest absolute Gasteiger partial charge is 0.137 e. The van der Waals surface area contributed by atoms with Crippen LogP contribution in [0.1, 0.15) is 18.4 Å². The Bertz CT molecular complexity index is 649. The zero-order valence-electron chi connectivity index (χ0n) is 13.1. The molecule has 0 saturated carbocycles. The van der Waals surface area contributed by atoms with Gasteiger partial charge in [0.15, 0.2) is 0 Å². The van der Waals surface area contributed by atoms with Gasteiger partial charge in [-0.2, -0.15) is 10.4 Å². The fourth-order valence-corrected chi connectivity index (χ4v) is 3.06. The number of benzene rings is 1. The summed E-state index contributed by atoms with van der Waals surface area (Å²) in [6.45, 7) is 4.58. The molecule has 1 aliphatic heterocycles. The molecule has 2 aromatic rings. The number of para-hydroxylation sites is 1. The normalized spacial score (nSPS) is 18.5. The minimum Gasteiger partial charge on any atom is -0.491 e. The molecule has 0 aliphatic carbocycles. The molecule has 0 bridgehead atoms. The van der Waals surface area contributed by atoms with Gasteiger partial charge in [0.25, 0.3) is 0 Å². The van der Waals surface area contributed by atoms with Crippen LogP contribution in [0.4, 0.5) is 0 Å². The molecule has 6 nitrogen and oxygen atoms in total. The molecule has 1 aliphatic rings. The van der Waals surface area contributed by atoms with E-state index < -0.39 is 0 Å².